The molecule has 0 N–H and O–H groups in total. The highest BCUT2D eigenvalue weighted by molar-refractivity contribution is 7.87. The van der Waals surface area contributed by atoms with Gasteiger partial charge in [-0.1, -0.05) is 59.9 Å². The Morgan fingerprint density at radius 1 is 0.842 bits per heavy atom. The molecule has 5 heteroatoms. The van der Waals surface area contributed by atoms with E-state index in [4.69, 9.17) is 0 Å². The second kappa shape index (κ2) is 5.42. The van der Waals surface area contributed by atoms with Crippen LogP contribution in [-0.2, 0) is 10.8 Å². The van der Waals surface area contributed by atoms with Gasteiger partial charge in [0.15, 0.2) is 0 Å². The highest BCUT2D eigenvalue weighted by Crippen LogP contribution is 2.26. The second-order valence-corrected chi connectivity index (χ2v) is 6.45. The molecule has 0 aliphatic heterocycles. The van der Waals surface area contributed by atoms with Gasteiger partial charge in [-0.3, -0.25) is 0 Å². The molecule has 19 heavy (non-hydrogen) atoms. The van der Waals surface area contributed by atoms with Crippen LogP contribution in [0, 0.1) is 0 Å². The molecule has 0 unspecified atom stereocenters. The molecule has 0 saturated heterocycles. The molecule has 0 aliphatic carbocycles. The smallest absolute Gasteiger partial charge is 0.209 e. The SMILES string of the molecule is O=[S@](c1ccccc1)c1nnc(-c2ccccc2)s1. The van der Waals surface area contributed by atoms with Gasteiger partial charge in [0.25, 0.3) is 0 Å². The zero-order chi connectivity index (χ0) is 13.1. The minimum Gasteiger partial charge on any atom is -0.247 e. The number of hydrogen-bond acceptors (Lipinski definition) is 4. The summed E-state index contributed by atoms with van der Waals surface area (Å²) in [6.45, 7) is 0. The fraction of sp³-hybridized carbons (Fsp3) is 0. The number of benzene rings is 2. The molecule has 3 rings (SSSR count). The van der Waals surface area contributed by atoms with Crippen molar-refractivity contribution in [2.75, 3.05) is 0 Å². The number of nitrogens with zero attached hydrogens (tertiary/aromatic N) is 2. The van der Waals surface area contributed by atoms with E-state index in [0.29, 0.717) is 4.34 Å². The van der Waals surface area contributed by atoms with Crippen LogP contribution >= 0.6 is 11.3 Å². The summed E-state index contributed by atoms with van der Waals surface area (Å²) in [5, 5.41) is 8.94. The van der Waals surface area contributed by atoms with E-state index in [1.54, 1.807) is 0 Å². The van der Waals surface area contributed by atoms with Gasteiger partial charge in [0.05, 0.1) is 0 Å². The van der Waals surface area contributed by atoms with Gasteiger partial charge < -0.3 is 0 Å². The summed E-state index contributed by atoms with van der Waals surface area (Å²) < 4.78 is 12.8. The Hall–Kier alpha value is -1.85. The van der Waals surface area contributed by atoms with Crippen molar-refractivity contribution < 1.29 is 4.21 Å². The van der Waals surface area contributed by atoms with E-state index in [9.17, 15) is 4.21 Å². The van der Waals surface area contributed by atoms with Crippen molar-refractivity contribution in [1.82, 2.24) is 10.2 Å². The quantitative estimate of drug-likeness (QED) is 0.741. The van der Waals surface area contributed by atoms with Gasteiger partial charge >= 0.3 is 0 Å². The standard InChI is InChI=1S/C14H10N2OS2/c17-19(12-9-5-2-6-10-12)14-16-15-13(18-14)11-7-3-1-4-8-11/h1-10H/t19-/m1/s1. The third kappa shape index (κ3) is 2.62. The molecule has 1 atom stereocenters. The molecule has 0 fully saturated rings. The Labute approximate surface area is 117 Å². The Morgan fingerprint density at radius 2 is 1.47 bits per heavy atom. The van der Waals surface area contributed by atoms with Crippen LogP contribution in [0.5, 0.6) is 0 Å². The summed E-state index contributed by atoms with van der Waals surface area (Å²) in [5.41, 5.74) is 0.997. The molecule has 94 valence electrons. The van der Waals surface area contributed by atoms with E-state index < -0.39 is 10.8 Å². The van der Waals surface area contributed by atoms with Gasteiger partial charge in [-0.25, -0.2) is 4.21 Å². The first-order chi connectivity index (χ1) is 9.34. The lowest BCUT2D eigenvalue weighted by Gasteiger charge is -1.95. The van der Waals surface area contributed by atoms with Gasteiger partial charge in [-0.2, -0.15) is 0 Å². The lowest BCUT2D eigenvalue weighted by Crippen LogP contribution is -1.91. The van der Waals surface area contributed by atoms with Crippen molar-refractivity contribution in [2.24, 2.45) is 0 Å². The second-order valence-electron chi connectivity index (χ2n) is 3.82. The predicted molar refractivity (Wildman–Crippen MR) is 76.5 cm³/mol. The van der Waals surface area contributed by atoms with Crippen LogP contribution in [0.2, 0.25) is 0 Å². The van der Waals surface area contributed by atoms with Crippen LogP contribution in [0.4, 0.5) is 0 Å². The fourth-order valence-electron chi connectivity index (χ4n) is 1.63. The van der Waals surface area contributed by atoms with Crippen molar-refractivity contribution in [3.63, 3.8) is 0 Å². The maximum atomic E-state index is 12.3. The maximum absolute atomic E-state index is 12.3. The lowest BCUT2D eigenvalue weighted by molar-refractivity contribution is 0.681. The average molecular weight is 286 g/mol. The highest BCUT2D eigenvalue weighted by Gasteiger charge is 2.13. The van der Waals surface area contributed by atoms with Crippen LogP contribution in [-0.4, -0.2) is 14.4 Å². The molecular formula is C14H10N2OS2. The summed E-state index contributed by atoms with van der Waals surface area (Å²) in [6.07, 6.45) is 0. The molecule has 1 aromatic heterocycles. The maximum Gasteiger partial charge on any atom is 0.209 e. The molecule has 1 heterocycles. The van der Waals surface area contributed by atoms with Crippen molar-refractivity contribution >= 4 is 22.1 Å². The molecule has 3 aromatic rings. The predicted octanol–water partition coefficient (Wildman–Crippen LogP) is 3.37. The molecule has 0 radical (unpaired) electrons. The van der Waals surface area contributed by atoms with Gasteiger partial charge in [-0.05, 0) is 12.1 Å². The van der Waals surface area contributed by atoms with Crippen LogP contribution < -0.4 is 0 Å². The molecule has 0 bridgehead atoms. The summed E-state index contributed by atoms with van der Waals surface area (Å²) in [7, 11) is -1.25. The third-order valence-corrected chi connectivity index (χ3v) is 5.11. The van der Waals surface area contributed by atoms with Gasteiger partial charge in [0.2, 0.25) is 4.34 Å². The number of rotatable bonds is 3. The van der Waals surface area contributed by atoms with E-state index in [0.717, 1.165) is 15.5 Å². The largest absolute Gasteiger partial charge is 0.247 e. The van der Waals surface area contributed by atoms with E-state index in [2.05, 4.69) is 10.2 Å². The van der Waals surface area contributed by atoms with E-state index in [1.807, 2.05) is 60.7 Å². The van der Waals surface area contributed by atoms with Crippen LogP contribution in [0.15, 0.2) is 69.9 Å². The molecule has 0 amide bonds. The molecule has 0 spiro atoms. The average Bonchev–Trinajstić information content (AvgIpc) is 2.98. The first-order valence-corrected chi connectivity index (χ1v) is 7.67. The number of aromatic nitrogens is 2. The van der Waals surface area contributed by atoms with E-state index >= 15 is 0 Å². The third-order valence-electron chi connectivity index (χ3n) is 2.54. The van der Waals surface area contributed by atoms with Gasteiger partial charge in [-0.15, -0.1) is 10.2 Å². The Morgan fingerprint density at radius 3 is 2.16 bits per heavy atom. The fourth-order valence-corrected chi connectivity index (χ4v) is 3.76. The zero-order valence-corrected chi connectivity index (χ0v) is 11.5. The van der Waals surface area contributed by atoms with Gasteiger partial charge in [0.1, 0.15) is 15.8 Å². The summed E-state index contributed by atoms with van der Waals surface area (Å²) >= 11 is 1.37. The van der Waals surface area contributed by atoms with Gasteiger partial charge in [0, 0.05) is 10.5 Å². The molecule has 3 nitrogen and oxygen atoms in total. The monoisotopic (exact) mass is 286 g/mol. The lowest BCUT2D eigenvalue weighted by atomic mass is 10.2. The first-order valence-electron chi connectivity index (χ1n) is 5.70. The topological polar surface area (TPSA) is 42.9 Å². The Balaban J connectivity index is 1.92. The molecule has 0 saturated carbocycles. The zero-order valence-electron chi connectivity index (χ0n) is 9.89. The van der Waals surface area contributed by atoms with E-state index in [-0.39, 0.29) is 0 Å². The summed E-state index contributed by atoms with van der Waals surface area (Å²) in [5.74, 6) is 0. The Bertz CT molecular complexity index is 696. The van der Waals surface area contributed by atoms with Crippen molar-refractivity contribution in [3.05, 3.63) is 60.7 Å². The Kier molecular flexibility index (Phi) is 3.48. The summed E-state index contributed by atoms with van der Waals surface area (Å²) in [6, 6.07) is 19.1. The highest BCUT2D eigenvalue weighted by atomic mass is 32.2. The minimum atomic E-state index is -1.25. The number of hydrogen-bond donors (Lipinski definition) is 0. The summed E-state index contributed by atoms with van der Waals surface area (Å²) in [4.78, 5) is 0.748. The van der Waals surface area contributed by atoms with Crippen molar-refractivity contribution in [3.8, 4) is 10.6 Å². The van der Waals surface area contributed by atoms with Crippen LogP contribution in [0.25, 0.3) is 10.6 Å². The molecular weight excluding hydrogens is 276 g/mol. The van der Waals surface area contributed by atoms with E-state index in [1.165, 1.54) is 11.3 Å². The van der Waals surface area contributed by atoms with Crippen LogP contribution in [0.3, 0.4) is 0 Å². The van der Waals surface area contributed by atoms with Crippen molar-refractivity contribution in [2.45, 2.75) is 9.24 Å². The molecule has 0 aliphatic rings. The minimum absolute atomic E-state index is 0.532. The first kappa shape index (κ1) is 12.2. The normalized spacial score (nSPS) is 12.2. The van der Waals surface area contributed by atoms with Crippen molar-refractivity contribution in [1.29, 1.82) is 0 Å². The molecule has 2 aromatic carbocycles. The van der Waals surface area contributed by atoms with Crippen LogP contribution in [0.1, 0.15) is 0 Å².